The standard InChI is InChI=1S/C20H21ClN2O4/c21-16-4-1-14(2-5-16)17(23-7-9-25-10-8-23)12-22-20(24)15-3-6-18-19(11-15)27-13-26-18/h1-6,11,17H,7-10,12-13H2,(H,22,24). The fraction of sp³-hybridized carbons (Fsp3) is 0.350. The van der Waals surface area contributed by atoms with Crippen LogP contribution in [-0.2, 0) is 4.74 Å². The number of amides is 1. The second kappa shape index (κ2) is 8.17. The van der Waals surface area contributed by atoms with Crippen LogP contribution in [0.4, 0.5) is 0 Å². The van der Waals surface area contributed by atoms with Crippen molar-refractivity contribution >= 4 is 17.5 Å². The van der Waals surface area contributed by atoms with Gasteiger partial charge in [0, 0.05) is 30.2 Å². The van der Waals surface area contributed by atoms with Crippen molar-refractivity contribution in [2.24, 2.45) is 0 Å². The molecule has 0 aromatic heterocycles. The molecule has 1 N–H and O–H groups in total. The van der Waals surface area contributed by atoms with Gasteiger partial charge in [-0.15, -0.1) is 0 Å². The molecule has 1 atom stereocenters. The van der Waals surface area contributed by atoms with Gasteiger partial charge in [-0.1, -0.05) is 23.7 Å². The minimum absolute atomic E-state index is 0.0594. The van der Waals surface area contributed by atoms with E-state index in [4.69, 9.17) is 25.8 Å². The molecule has 2 aromatic carbocycles. The van der Waals surface area contributed by atoms with Gasteiger partial charge in [-0.3, -0.25) is 9.69 Å². The Balaban J connectivity index is 1.47. The first-order valence-electron chi connectivity index (χ1n) is 8.96. The summed E-state index contributed by atoms with van der Waals surface area (Å²) in [5, 5.41) is 3.75. The SMILES string of the molecule is O=C(NCC(c1ccc(Cl)cc1)N1CCOCC1)c1ccc2c(c1)OCO2. The van der Waals surface area contributed by atoms with Crippen molar-refractivity contribution in [3.63, 3.8) is 0 Å². The molecule has 6 nitrogen and oxygen atoms in total. The van der Waals surface area contributed by atoms with E-state index in [1.807, 2.05) is 24.3 Å². The highest BCUT2D eigenvalue weighted by Gasteiger charge is 2.24. The van der Waals surface area contributed by atoms with Crippen LogP contribution in [0.15, 0.2) is 42.5 Å². The van der Waals surface area contributed by atoms with Gasteiger partial charge in [-0.2, -0.15) is 0 Å². The number of halogens is 1. The molecular weight excluding hydrogens is 368 g/mol. The lowest BCUT2D eigenvalue weighted by molar-refractivity contribution is 0.0162. The molecule has 1 amide bonds. The second-order valence-electron chi connectivity index (χ2n) is 6.49. The van der Waals surface area contributed by atoms with Crippen molar-refractivity contribution < 1.29 is 19.0 Å². The molecule has 0 bridgehead atoms. The van der Waals surface area contributed by atoms with Gasteiger partial charge in [0.15, 0.2) is 11.5 Å². The molecule has 2 heterocycles. The van der Waals surface area contributed by atoms with Crippen LogP contribution >= 0.6 is 11.6 Å². The van der Waals surface area contributed by atoms with Crippen molar-refractivity contribution in [3.8, 4) is 11.5 Å². The van der Waals surface area contributed by atoms with E-state index in [-0.39, 0.29) is 18.7 Å². The first kappa shape index (κ1) is 18.1. The number of hydrogen-bond acceptors (Lipinski definition) is 5. The Kier molecular flexibility index (Phi) is 5.48. The van der Waals surface area contributed by atoms with Gasteiger partial charge < -0.3 is 19.5 Å². The molecule has 7 heteroatoms. The van der Waals surface area contributed by atoms with Crippen LogP contribution < -0.4 is 14.8 Å². The highest BCUT2D eigenvalue weighted by molar-refractivity contribution is 6.30. The second-order valence-corrected chi connectivity index (χ2v) is 6.93. The van der Waals surface area contributed by atoms with Crippen LogP contribution in [0.25, 0.3) is 0 Å². The lowest BCUT2D eigenvalue weighted by Crippen LogP contribution is -2.43. The van der Waals surface area contributed by atoms with E-state index in [1.54, 1.807) is 18.2 Å². The van der Waals surface area contributed by atoms with E-state index in [0.717, 1.165) is 18.7 Å². The monoisotopic (exact) mass is 388 g/mol. The van der Waals surface area contributed by atoms with Crippen molar-refractivity contribution in [2.75, 3.05) is 39.6 Å². The van der Waals surface area contributed by atoms with Gasteiger partial charge in [0.05, 0.1) is 19.3 Å². The molecule has 142 valence electrons. The Morgan fingerprint density at radius 2 is 1.81 bits per heavy atom. The van der Waals surface area contributed by atoms with E-state index in [0.29, 0.717) is 41.8 Å². The third-order valence-corrected chi connectivity index (χ3v) is 5.08. The van der Waals surface area contributed by atoms with E-state index < -0.39 is 0 Å². The van der Waals surface area contributed by atoms with Crippen molar-refractivity contribution in [2.45, 2.75) is 6.04 Å². The first-order chi connectivity index (χ1) is 13.2. The number of rotatable bonds is 5. The largest absolute Gasteiger partial charge is 0.454 e. The van der Waals surface area contributed by atoms with Crippen LogP contribution in [0.2, 0.25) is 5.02 Å². The maximum atomic E-state index is 12.6. The fourth-order valence-corrected chi connectivity index (χ4v) is 3.49. The molecule has 2 aliphatic heterocycles. The maximum Gasteiger partial charge on any atom is 0.251 e. The minimum atomic E-state index is -0.138. The van der Waals surface area contributed by atoms with E-state index in [1.165, 1.54) is 0 Å². The lowest BCUT2D eigenvalue weighted by atomic mass is 10.0. The zero-order valence-corrected chi connectivity index (χ0v) is 15.6. The molecule has 0 radical (unpaired) electrons. The average Bonchev–Trinajstić information content (AvgIpc) is 3.18. The van der Waals surface area contributed by atoms with E-state index in [2.05, 4.69) is 10.2 Å². The Bertz CT molecular complexity index is 806. The highest BCUT2D eigenvalue weighted by atomic mass is 35.5. The Labute approximate surface area is 163 Å². The zero-order chi connectivity index (χ0) is 18.6. The van der Waals surface area contributed by atoms with Gasteiger partial charge >= 0.3 is 0 Å². The number of hydrogen-bond donors (Lipinski definition) is 1. The zero-order valence-electron chi connectivity index (χ0n) is 14.8. The molecule has 2 aliphatic rings. The highest BCUT2D eigenvalue weighted by Crippen LogP contribution is 2.32. The van der Waals surface area contributed by atoms with Crippen molar-refractivity contribution in [1.29, 1.82) is 0 Å². The molecule has 4 rings (SSSR count). The topological polar surface area (TPSA) is 60.0 Å². The minimum Gasteiger partial charge on any atom is -0.454 e. The summed E-state index contributed by atoms with van der Waals surface area (Å²) in [6, 6.07) is 13.1. The molecule has 1 saturated heterocycles. The molecule has 27 heavy (non-hydrogen) atoms. The Morgan fingerprint density at radius 3 is 2.59 bits per heavy atom. The number of nitrogens with one attached hydrogen (secondary N) is 1. The summed E-state index contributed by atoms with van der Waals surface area (Å²) in [6.45, 7) is 3.73. The fourth-order valence-electron chi connectivity index (χ4n) is 3.36. The van der Waals surface area contributed by atoms with Crippen LogP contribution in [0.1, 0.15) is 22.0 Å². The van der Waals surface area contributed by atoms with Gasteiger partial charge in [-0.25, -0.2) is 0 Å². The number of ether oxygens (including phenoxy) is 3. The van der Waals surface area contributed by atoms with Crippen LogP contribution in [0.3, 0.4) is 0 Å². The van der Waals surface area contributed by atoms with Crippen molar-refractivity contribution in [1.82, 2.24) is 10.2 Å². The van der Waals surface area contributed by atoms with Gasteiger partial charge in [0.1, 0.15) is 0 Å². The summed E-state index contributed by atoms with van der Waals surface area (Å²) >= 11 is 6.03. The maximum absolute atomic E-state index is 12.6. The number of nitrogens with zero attached hydrogens (tertiary/aromatic N) is 1. The predicted molar refractivity (Wildman–Crippen MR) is 101 cm³/mol. The molecule has 0 saturated carbocycles. The molecule has 1 unspecified atom stereocenters. The van der Waals surface area contributed by atoms with Crippen LogP contribution in [0.5, 0.6) is 11.5 Å². The Hall–Kier alpha value is -2.28. The third-order valence-electron chi connectivity index (χ3n) is 4.83. The van der Waals surface area contributed by atoms with Gasteiger partial charge in [0.25, 0.3) is 5.91 Å². The number of benzene rings is 2. The smallest absolute Gasteiger partial charge is 0.251 e. The number of morpholine rings is 1. The van der Waals surface area contributed by atoms with Gasteiger partial charge in [-0.05, 0) is 35.9 Å². The molecule has 0 spiro atoms. The molecule has 2 aromatic rings. The molecule has 1 fully saturated rings. The summed E-state index contributed by atoms with van der Waals surface area (Å²) in [6.07, 6.45) is 0. The molecule has 0 aliphatic carbocycles. The van der Waals surface area contributed by atoms with Gasteiger partial charge in [0.2, 0.25) is 6.79 Å². The Morgan fingerprint density at radius 1 is 1.07 bits per heavy atom. The number of carbonyl (C=O) groups is 1. The van der Waals surface area contributed by atoms with Crippen LogP contribution in [0, 0.1) is 0 Å². The summed E-state index contributed by atoms with van der Waals surface area (Å²) in [5.74, 6) is 1.13. The average molecular weight is 389 g/mol. The molecular formula is C20H21ClN2O4. The lowest BCUT2D eigenvalue weighted by Gasteiger charge is -2.35. The predicted octanol–water partition coefficient (Wildman–Crippen LogP) is 2.87. The van der Waals surface area contributed by atoms with E-state index >= 15 is 0 Å². The van der Waals surface area contributed by atoms with Crippen molar-refractivity contribution in [3.05, 3.63) is 58.6 Å². The summed E-state index contributed by atoms with van der Waals surface area (Å²) < 4.78 is 16.1. The number of fused-ring (bicyclic) bond motifs is 1. The van der Waals surface area contributed by atoms with Crippen LogP contribution in [-0.4, -0.2) is 50.4 Å². The quantitative estimate of drug-likeness (QED) is 0.853. The van der Waals surface area contributed by atoms with E-state index in [9.17, 15) is 4.79 Å². The first-order valence-corrected chi connectivity index (χ1v) is 9.33. The normalized spacial score (nSPS) is 17.5. The summed E-state index contributed by atoms with van der Waals surface area (Å²) in [4.78, 5) is 15.0. The third kappa shape index (κ3) is 4.18. The summed E-state index contributed by atoms with van der Waals surface area (Å²) in [7, 11) is 0. The number of carbonyl (C=O) groups excluding carboxylic acids is 1. The summed E-state index contributed by atoms with van der Waals surface area (Å²) in [5.41, 5.74) is 1.67.